The number of nitrogens with zero attached hydrogens (tertiary/aromatic N) is 2. The lowest BCUT2D eigenvalue weighted by molar-refractivity contribution is 0.0500. The monoisotopic (exact) mass is 384 g/mol. The van der Waals surface area contributed by atoms with Crippen LogP contribution in [-0.4, -0.2) is 27.8 Å². The molecular formula is C19H20N4O3S. The van der Waals surface area contributed by atoms with Crippen molar-refractivity contribution in [2.45, 2.75) is 26.2 Å². The summed E-state index contributed by atoms with van der Waals surface area (Å²) in [4.78, 5) is 27.8. The van der Waals surface area contributed by atoms with E-state index < -0.39 is 0 Å². The number of nitrogens with one attached hydrogen (secondary N) is 2. The molecule has 0 aliphatic carbocycles. The molecular weight excluding hydrogens is 364 g/mol. The van der Waals surface area contributed by atoms with Gasteiger partial charge in [0.15, 0.2) is 0 Å². The molecule has 0 radical (unpaired) electrons. The first-order chi connectivity index (χ1) is 13.2. The molecule has 0 amide bonds. The van der Waals surface area contributed by atoms with Crippen LogP contribution >= 0.6 is 11.3 Å². The molecule has 3 aromatic rings. The Morgan fingerprint density at radius 3 is 2.70 bits per heavy atom. The fraction of sp³-hybridized carbons (Fsp3) is 0.263. The Hall–Kier alpha value is -3.00. The summed E-state index contributed by atoms with van der Waals surface area (Å²) in [6.07, 6.45) is 2.27. The summed E-state index contributed by atoms with van der Waals surface area (Å²) in [6, 6.07) is 10.6. The van der Waals surface area contributed by atoms with Gasteiger partial charge in [-0.15, -0.1) is 21.5 Å². The standard InChI is InChI=1S/C19H20N4O3S/c1-2-3-10-26-18(25)13-6-8-14(9-7-13)20-19-21-17(24)16(22-23-19)12-15-5-4-11-27-15/h4-9,11H,2-3,10,12H2,1H3,(H2,20,21,23,24). The van der Waals surface area contributed by atoms with E-state index in [0.717, 1.165) is 17.7 Å². The van der Waals surface area contributed by atoms with E-state index in [1.54, 1.807) is 35.6 Å². The van der Waals surface area contributed by atoms with Gasteiger partial charge in [0.2, 0.25) is 5.95 Å². The molecule has 0 aliphatic heterocycles. The number of aromatic nitrogens is 3. The topological polar surface area (TPSA) is 97.0 Å². The van der Waals surface area contributed by atoms with Crippen LogP contribution in [-0.2, 0) is 11.2 Å². The largest absolute Gasteiger partial charge is 0.462 e. The number of ether oxygens (including phenoxy) is 1. The summed E-state index contributed by atoms with van der Waals surface area (Å²) in [5, 5.41) is 13.0. The second-order valence-electron chi connectivity index (χ2n) is 5.90. The molecule has 3 rings (SSSR count). The molecule has 0 bridgehead atoms. The third kappa shape index (κ3) is 5.24. The highest BCUT2D eigenvalue weighted by Gasteiger charge is 2.09. The number of benzene rings is 1. The third-order valence-electron chi connectivity index (χ3n) is 3.80. The zero-order chi connectivity index (χ0) is 19.1. The number of rotatable bonds is 8. The number of H-pyrrole nitrogens is 1. The first-order valence-electron chi connectivity index (χ1n) is 8.68. The van der Waals surface area contributed by atoms with Crippen molar-refractivity contribution in [3.8, 4) is 0 Å². The van der Waals surface area contributed by atoms with Gasteiger partial charge in [0.05, 0.1) is 12.2 Å². The minimum absolute atomic E-state index is 0.244. The van der Waals surface area contributed by atoms with Crippen LogP contribution in [0.25, 0.3) is 0 Å². The smallest absolute Gasteiger partial charge is 0.338 e. The van der Waals surface area contributed by atoms with Crippen LogP contribution < -0.4 is 10.9 Å². The Balaban J connectivity index is 1.62. The predicted molar refractivity (Wildman–Crippen MR) is 105 cm³/mol. The van der Waals surface area contributed by atoms with Gasteiger partial charge < -0.3 is 10.1 Å². The van der Waals surface area contributed by atoms with E-state index in [-0.39, 0.29) is 17.5 Å². The molecule has 140 valence electrons. The second-order valence-corrected chi connectivity index (χ2v) is 6.93. The minimum atomic E-state index is -0.346. The van der Waals surface area contributed by atoms with Crippen molar-refractivity contribution in [3.63, 3.8) is 0 Å². The van der Waals surface area contributed by atoms with Crippen molar-refractivity contribution in [1.82, 2.24) is 15.2 Å². The third-order valence-corrected chi connectivity index (χ3v) is 4.68. The van der Waals surface area contributed by atoms with Gasteiger partial charge in [-0.05, 0) is 42.1 Å². The number of esters is 1. The zero-order valence-corrected chi connectivity index (χ0v) is 15.7. The van der Waals surface area contributed by atoms with Crippen LogP contribution in [0.5, 0.6) is 0 Å². The number of hydrogen-bond donors (Lipinski definition) is 2. The first kappa shape index (κ1) is 18.8. The molecule has 0 aliphatic rings. The maximum absolute atomic E-state index is 12.2. The van der Waals surface area contributed by atoms with Crippen molar-refractivity contribution in [2.24, 2.45) is 0 Å². The average Bonchev–Trinajstić information content (AvgIpc) is 3.18. The van der Waals surface area contributed by atoms with Gasteiger partial charge >= 0.3 is 5.97 Å². The molecule has 27 heavy (non-hydrogen) atoms. The van der Waals surface area contributed by atoms with Gasteiger partial charge in [0.25, 0.3) is 5.56 Å². The number of hydrogen-bond acceptors (Lipinski definition) is 7. The van der Waals surface area contributed by atoms with Crippen molar-refractivity contribution in [3.05, 3.63) is 68.3 Å². The number of carbonyl (C=O) groups is 1. The minimum Gasteiger partial charge on any atom is -0.462 e. The summed E-state index contributed by atoms with van der Waals surface area (Å²) in [6.45, 7) is 2.46. The number of aromatic amines is 1. The Morgan fingerprint density at radius 2 is 2.04 bits per heavy atom. The molecule has 0 saturated carbocycles. The fourth-order valence-electron chi connectivity index (χ4n) is 2.33. The van der Waals surface area contributed by atoms with Crippen molar-refractivity contribution in [2.75, 3.05) is 11.9 Å². The maximum atomic E-state index is 12.2. The van der Waals surface area contributed by atoms with E-state index in [4.69, 9.17) is 4.74 Å². The average molecular weight is 384 g/mol. The number of anilines is 2. The molecule has 8 heteroatoms. The zero-order valence-electron chi connectivity index (χ0n) is 14.9. The Labute approximate surface area is 160 Å². The van der Waals surface area contributed by atoms with Gasteiger partial charge in [-0.3, -0.25) is 9.78 Å². The molecule has 7 nitrogen and oxygen atoms in total. The highest BCUT2D eigenvalue weighted by molar-refractivity contribution is 7.09. The number of unbranched alkanes of at least 4 members (excludes halogenated alkanes) is 1. The molecule has 0 atom stereocenters. The maximum Gasteiger partial charge on any atom is 0.338 e. The van der Waals surface area contributed by atoms with Gasteiger partial charge in [0.1, 0.15) is 5.69 Å². The Morgan fingerprint density at radius 1 is 1.22 bits per heavy atom. The summed E-state index contributed by atoms with van der Waals surface area (Å²) in [5.41, 5.74) is 1.24. The lowest BCUT2D eigenvalue weighted by Crippen LogP contribution is -2.18. The van der Waals surface area contributed by atoms with Gasteiger partial charge in [-0.2, -0.15) is 0 Å². The van der Waals surface area contributed by atoms with E-state index >= 15 is 0 Å². The van der Waals surface area contributed by atoms with E-state index in [0.29, 0.717) is 30.0 Å². The quantitative estimate of drug-likeness (QED) is 0.456. The predicted octanol–water partition coefficient (Wildman–Crippen LogP) is 3.52. The molecule has 0 fully saturated rings. The second kappa shape index (κ2) is 9.09. The normalized spacial score (nSPS) is 10.6. The van der Waals surface area contributed by atoms with E-state index in [9.17, 15) is 9.59 Å². The fourth-order valence-corrected chi connectivity index (χ4v) is 3.04. The van der Waals surface area contributed by atoms with Crippen LogP contribution in [0, 0.1) is 0 Å². The van der Waals surface area contributed by atoms with Crippen LogP contribution in [0.1, 0.15) is 40.7 Å². The highest BCUT2D eigenvalue weighted by Crippen LogP contribution is 2.15. The van der Waals surface area contributed by atoms with Crippen LogP contribution in [0.2, 0.25) is 0 Å². The lowest BCUT2D eigenvalue weighted by atomic mass is 10.2. The first-order valence-corrected chi connectivity index (χ1v) is 9.56. The molecule has 0 spiro atoms. The molecule has 2 heterocycles. The summed E-state index contributed by atoms with van der Waals surface area (Å²) in [5.74, 6) is -0.102. The van der Waals surface area contributed by atoms with E-state index in [1.807, 2.05) is 24.4 Å². The molecule has 2 N–H and O–H groups in total. The molecule has 1 aromatic carbocycles. The van der Waals surface area contributed by atoms with Crippen molar-refractivity contribution < 1.29 is 9.53 Å². The molecule has 0 unspecified atom stereocenters. The van der Waals surface area contributed by atoms with Gasteiger partial charge in [0, 0.05) is 17.0 Å². The van der Waals surface area contributed by atoms with E-state index in [2.05, 4.69) is 20.5 Å². The SMILES string of the molecule is CCCCOC(=O)c1ccc(Nc2nnc(Cc3cccs3)c(=O)[nH]2)cc1. The van der Waals surface area contributed by atoms with Crippen LogP contribution in [0.4, 0.5) is 11.6 Å². The van der Waals surface area contributed by atoms with E-state index in [1.165, 1.54) is 0 Å². The van der Waals surface area contributed by atoms with Gasteiger partial charge in [-0.1, -0.05) is 19.4 Å². The van der Waals surface area contributed by atoms with Crippen LogP contribution in [0.3, 0.4) is 0 Å². The molecule has 2 aromatic heterocycles. The highest BCUT2D eigenvalue weighted by atomic mass is 32.1. The Kier molecular flexibility index (Phi) is 6.32. The summed E-state index contributed by atoms with van der Waals surface area (Å²) < 4.78 is 5.17. The number of thiophene rings is 1. The summed E-state index contributed by atoms with van der Waals surface area (Å²) in [7, 11) is 0. The Bertz CT molecular complexity index is 936. The lowest BCUT2D eigenvalue weighted by Gasteiger charge is -2.07. The van der Waals surface area contributed by atoms with Gasteiger partial charge in [-0.25, -0.2) is 4.79 Å². The molecule has 0 saturated heterocycles. The summed E-state index contributed by atoms with van der Waals surface area (Å²) >= 11 is 1.57. The van der Waals surface area contributed by atoms with Crippen molar-refractivity contribution in [1.29, 1.82) is 0 Å². The van der Waals surface area contributed by atoms with Crippen molar-refractivity contribution >= 4 is 28.9 Å². The van der Waals surface area contributed by atoms with Crippen LogP contribution in [0.15, 0.2) is 46.6 Å². The number of carbonyl (C=O) groups excluding carboxylic acids is 1.